The van der Waals surface area contributed by atoms with E-state index in [2.05, 4.69) is 28.8 Å². The smallest absolute Gasteiger partial charge is 0.132 e. The molecule has 2 heterocycles. The van der Waals surface area contributed by atoms with E-state index in [-0.39, 0.29) is 0 Å². The predicted octanol–water partition coefficient (Wildman–Crippen LogP) is 2.04. The van der Waals surface area contributed by atoms with Gasteiger partial charge in [-0.3, -0.25) is 4.98 Å². The monoisotopic (exact) mass is 242 g/mol. The first-order valence-corrected chi connectivity index (χ1v) is 6.14. The molecule has 2 N–H and O–H groups in total. The summed E-state index contributed by atoms with van der Waals surface area (Å²) in [4.78, 5) is 13.1. The summed E-state index contributed by atoms with van der Waals surface area (Å²) in [6, 6.07) is 3.95. The zero-order valence-corrected chi connectivity index (χ0v) is 10.8. The SMILES string of the molecule is CC(C)c1nc(Cc2cccnc2)ncc1CN. The van der Waals surface area contributed by atoms with Crippen LogP contribution in [-0.4, -0.2) is 15.0 Å². The van der Waals surface area contributed by atoms with Gasteiger partial charge < -0.3 is 5.73 Å². The van der Waals surface area contributed by atoms with E-state index in [9.17, 15) is 0 Å². The second-order valence-corrected chi connectivity index (χ2v) is 4.59. The molecule has 0 saturated carbocycles. The number of nitrogens with two attached hydrogens (primary N) is 1. The molecule has 0 saturated heterocycles. The standard InChI is InChI=1S/C14H18N4/c1-10(2)14-12(7-15)9-17-13(18-14)6-11-4-3-5-16-8-11/h3-5,8-10H,6-7,15H2,1-2H3. The van der Waals surface area contributed by atoms with Crippen LogP contribution < -0.4 is 5.73 Å². The van der Waals surface area contributed by atoms with Crippen LogP contribution in [0.25, 0.3) is 0 Å². The van der Waals surface area contributed by atoms with Gasteiger partial charge >= 0.3 is 0 Å². The van der Waals surface area contributed by atoms with E-state index in [0.717, 1.165) is 22.6 Å². The summed E-state index contributed by atoms with van der Waals surface area (Å²) in [5.41, 5.74) is 8.89. The average molecular weight is 242 g/mol. The van der Waals surface area contributed by atoms with Crippen molar-refractivity contribution < 1.29 is 0 Å². The molecule has 0 amide bonds. The Morgan fingerprint density at radius 1 is 1.28 bits per heavy atom. The molecule has 0 aliphatic carbocycles. The third kappa shape index (κ3) is 2.90. The number of rotatable bonds is 4. The van der Waals surface area contributed by atoms with Crippen molar-refractivity contribution in [3.8, 4) is 0 Å². The molecule has 0 fully saturated rings. The Morgan fingerprint density at radius 3 is 2.72 bits per heavy atom. The van der Waals surface area contributed by atoms with Crippen molar-refractivity contribution in [3.05, 3.63) is 53.4 Å². The Bertz CT molecular complexity index is 508. The van der Waals surface area contributed by atoms with Gasteiger partial charge in [0.05, 0.1) is 5.69 Å². The van der Waals surface area contributed by atoms with Crippen molar-refractivity contribution in [2.75, 3.05) is 0 Å². The van der Waals surface area contributed by atoms with Crippen LogP contribution in [0.5, 0.6) is 0 Å². The third-order valence-corrected chi connectivity index (χ3v) is 2.80. The molecule has 2 rings (SSSR count). The summed E-state index contributed by atoms with van der Waals surface area (Å²) in [6.07, 6.45) is 6.16. The fraction of sp³-hybridized carbons (Fsp3) is 0.357. The number of hydrogen-bond acceptors (Lipinski definition) is 4. The fourth-order valence-corrected chi connectivity index (χ4v) is 1.89. The highest BCUT2D eigenvalue weighted by molar-refractivity contribution is 5.22. The lowest BCUT2D eigenvalue weighted by atomic mass is 10.0. The number of hydrogen-bond donors (Lipinski definition) is 1. The second-order valence-electron chi connectivity index (χ2n) is 4.59. The van der Waals surface area contributed by atoms with E-state index in [1.807, 2.05) is 24.5 Å². The molecule has 0 unspecified atom stereocenters. The van der Waals surface area contributed by atoms with Crippen LogP contribution in [0, 0.1) is 0 Å². The van der Waals surface area contributed by atoms with Gasteiger partial charge in [0.15, 0.2) is 0 Å². The molecule has 0 atom stereocenters. The molecule has 0 spiro atoms. The zero-order chi connectivity index (χ0) is 13.0. The average Bonchev–Trinajstić information content (AvgIpc) is 2.40. The molecule has 2 aromatic heterocycles. The van der Waals surface area contributed by atoms with Crippen LogP contribution in [0.15, 0.2) is 30.7 Å². The Balaban J connectivity index is 2.27. The van der Waals surface area contributed by atoms with Crippen LogP contribution >= 0.6 is 0 Å². The molecule has 0 aliphatic heterocycles. The summed E-state index contributed by atoms with van der Waals surface area (Å²) in [7, 11) is 0. The maximum atomic E-state index is 5.70. The third-order valence-electron chi connectivity index (χ3n) is 2.80. The topological polar surface area (TPSA) is 64.7 Å². The Hall–Kier alpha value is -1.81. The van der Waals surface area contributed by atoms with Crippen LogP contribution in [0.3, 0.4) is 0 Å². The first-order valence-electron chi connectivity index (χ1n) is 6.14. The molecular formula is C14H18N4. The van der Waals surface area contributed by atoms with Crippen molar-refractivity contribution in [2.45, 2.75) is 32.7 Å². The largest absolute Gasteiger partial charge is 0.326 e. The maximum Gasteiger partial charge on any atom is 0.132 e. The van der Waals surface area contributed by atoms with E-state index in [4.69, 9.17) is 5.73 Å². The van der Waals surface area contributed by atoms with Gasteiger partial charge in [-0.25, -0.2) is 9.97 Å². The Labute approximate surface area is 107 Å². The number of pyridine rings is 1. The van der Waals surface area contributed by atoms with Crippen LogP contribution in [0.2, 0.25) is 0 Å². The van der Waals surface area contributed by atoms with Gasteiger partial charge in [0.1, 0.15) is 5.82 Å². The van der Waals surface area contributed by atoms with Gasteiger partial charge in [0.25, 0.3) is 0 Å². The first-order chi connectivity index (χ1) is 8.70. The highest BCUT2D eigenvalue weighted by atomic mass is 14.9. The van der Waals surface area contributed by atoms with Crippen molar-refractivity contribution in [1.29, 1.82) is 0 Å². The lowest BCUT2D eigenvalue weighted by molar-refractivity contribution is 0.763. The van der Waals surface area contributed by atoms with Crippen LogP contribution in [-0.2, 0) is 13.0 Å². The van der Waals surface area contributed by atoms with E-state index in [0.29, 0.717) is 18.9 Å². The predicted molar refractivity (Wildman–Crippen MR) is 71.1 cm³/mol. The minimum absolute atomic E-state index is 0.360. The molecule has 2 aromatic rings. The van der Waals surface area contributed by atoms with E-state index in [1.165, 1.54) is 0 Å². The highest BCUT2D eigenvalue weighted by Crippen LogP contribution is 2.17. The molecular weight excluding hydrogens is 224 g/mol. The molecule has 18 heavy (non-hydrogen) atoms. The van der Waals surface area contributed by atoms with Gasteiger partial charge in [-0.05, 0) is 17.5 Å². The molecule has 0 aromatic carbocycles. The van der Waals surface area contributed by atoms with Gasteiger partial charge in [-0.15, -0.1) is 0 Å². The van der Waals surface area contributed by atoms with Gasteiger partial charge in [-0.2, -0.15) is 0 Å². The number of aromatic nitrogens is 3. The van der Waals surface area contributed by atoms with E-state index in [1.54, 1.807) is 6.20 Å². The first kappa shape index (κ1) is 12.6. The van der Waals surface area contributed by atoms with Crippen molar-refractivity contribution in [2.24, 2.45) is 5.73 Å². The summed E-state index contributed by atoms with van der Waals surface area (Å²) in [5.74, 6) is 1.18. The maximum absolute atomic E-state index is 5.70. The van der Waals surface area contributed by atoms with Gasteiger partial charge in [0.2, 0.25) is 0 Å². The zero-order valence-electron chi connectivity index (χ0n) is 10.8. The van der Waals surface area contributed by atoms with Gasteiger partial charge in [0, 0.05) is 37.1 Å². The Morgan fingerprint density at radius 2 is 2.11 bits per heavy atom. The highest BCUT2D eigenvalue weighted by Gasteiger charge is 2.10. The molecule has 4 nitrogen and oxygen atoms in total. The van der Waals surface area contributed by atoms with Crippen molar-refractivity contribution in [1.82, 2.24) is 15.0 Å². The van der Waals surface area contributed by atoms with Crippen molar-refractivity contribution in [3.63, 3.8) is 0 Å². The molecule has 0 bridgehead atoms. The normalized spacial score (nSPS) is 10.9. The lowest BCUT2D eigenvalue weighted by Gasteiger charge is -2.11. The summed E-state index contributed by atoms with van der Waals surface area (Å²) < 4.78 is 0. The van der Waals surface area contributed by atoms with Crippen LogP contribution in [0.4, 0.5) is 0 Å². The summed E-state index contributed by atoms with van der Waals surface area (Å²) in [5, 5.41) is 0. The number of nitrogens with zero attached hydrogens (tertiary/aromatic N) is 3. The van der Waals surface area contributed by atoms with Gasteiger partial charge in [-0.1, -0.05) is 19.9 Å². The quantitative estimate of drug-likeness (QED) is 0.891. The van der Waals surface area contributed by atoms with Crippen LogP contribution in [0.1, 0.15) is 42.4 Å². The summed E-state index contributed by atoms with van der Waals surface area (Å²) in [6.45, 7) is 4.73. The van der Waals surface area contributed by atoms with E-state index >= 15 is 0 Å². The molecule has 94 valence electrons. The molecule has 0 radical (unpaired) electrons. The summed E-state index contributed by atoms with van der Waals surface area (Å²) >= 11 is 0. The molecule has 4 heteroatoms. The van der Waals surface area contributed by atoms with Crippen molar-refractivity contribution >= 4 is 0 Å². The Kier molecular flexibility index (Phi) is 3.99. The minimum Gasteiger partial charge on any atom is -0.326 e. The molecule has 0 aliphatic rings. The van der Waals surface area contributed by atoms with E-state index < -0.39 is 0 Å². The minimum atomic E-state index is 0.360. The fourth-order valence-electron chi connectivity index (χ4n) is 1.89. The lowest BCUT2D eigenvalue weighted by Crippen LogP contribution is -2.09. The second kappa shape index (κ2) is 5.69.